The van der Waals surface area contributed by atoms with Crippen LogP contribution in [0.4, 0.5) is 4.39 Å². The molecule has 0 saturated heterocycles. The Morgan fingerprint density at radius 3 is 2.59 bits per heavy atom. The fraction of sp³-hybridized carbons (Fsp3) is 0.571. The van der Waals surface area contributed by atoms with Gasteiger partial charge in [0.15, 0.2) is 0 Å². The minimum Gasteiger partial charge on any atom is -0.388 e. The second-order valence-electron chi connectivity index (χ2n) is 4.39. The standard InChI is InChI=1S/C14H20ClFO/c1-2-3-4-5-6-7-14(17)11-8-9-12(15)13(16)10-11/h8-10,14,17H,2-7H2,1H3. The maximum Gasteiger partial charge on any atom is 0.142 e. The summed E-state index contributed by atoms with van der Waals surface area (Å²) in [6.45, 7) is 2.17. The molecule has 0 aliphatic carbocycles. The van der Waals surface area contributed by atoms with Gasteiger partial charge in [-0.2, -0.15) is 0 Å². The van der Waals surface area contributed by atoms with Gasteiger partial charge < -0.3 is 5.11 Å². The number of rotatable bonds is 7. The highest BCUT2D eigenvalue weighted by molar-refractivity contribution is 6.30. The van der Waals surface area contributed by atoms with Gasteiger partial charge in [-0.1, -0.05) is 56.7 Å². The smallest absolute Gasteiger partial charge is 0.142 e. The Labute approximate surface area is 108 Å². The molecule has 0 spiro atoms. The molecule has 3 heteroatoms. The van der Waals surface area contributed by atoms with Gasteiger partial charge >= 0.3 is 0 Å². The molecule has 0 amide bonds. The van der Waals surface area contributed by atoms with Crippen LogP contribution >= 0.6 is 11.6 Å². The molecule has 1 aromatic rings. The monoisotopic (exact) mass is 258 g/mol. The molecular weight excluding hydrogens is 239 g/mol. The zero-order chi connectivity index (χ0) is 12.7. The summed E-state index contributed by atoms with van der Waals surface area (Å²) in [5.74, 6) is -0.464. The first-order chi connectivity index (χ1) is 8.15. The van der Waals surface area contributed by atoms with Crippen molar-refractivity contribution in [1.82, 2.24) is 0 Å². The molecule has 17 heavy (non-hydrogen) atoms. The van der Waals surface area contributed by atoms with Crippen molar-refractivity contribution in [2.24, 2.45) is 0 Å². The van der Waals surface area contributed by atoms with Gasteiger partial charge in [-0.05, 0) is 24.1 Å². The largest absolute Gasteiger partial charge is 0.388 e. The van der Waals surface area contributed by atoms with E-state index in [1.165, 1.54) is 31.4 Å². The quantitative estimate of drug-likeness (QED) is 0.692. The maximum atomic E-state index is 13.2. The van der Waals surface area contributed by atoms with Crippen LogP contribution in [0.25, 0.3) is 0 Å². The molecule has 0 heterocycles. The Morgan fingerprint density at radius 1 is 1.24 bits per heavy atom. The van der Waals surface area contributed by atoms with Gasteiger partial charge in [0.05, 0.1) is 11.1 Å². The summed E-state index contributed by atoms with van der Waals surface area (Å²) >= 11 is 5.59. The van der Waals surface area contributed by atoms with E-state index in [1.54, 1.807) is 6.07 Å². The van der Waals surface area contributed by atoms with Crippen molar-refractivity contribution in [3.8, 4) is 0 Å². The van der Waals surface area contributed by atoms with Gasteiger partial charge in [0.1, 0.15) is 5.82 Å². The second kappa shape index (κ2) is 7.67. The van der Waals surface area contributed by atoms with E-state index in [2.05, 4.69) is 6.92 Å². The van der Waals surface area contributed by atoms with Crippen molar-refractivity contribution in [2.75, 3.05) is 0 Å². The number of hydrogen-bond acceptors (Lipinski definition) is 1. The van der Waals surface area contributed by atoms with Crippen molar-refractivity contribution in [2.45, 2.75) is 51.6 Å². The van der Waals surface area contributed by atoms with Crippen LogP contribution in [0.3, 0.4) is 0 Å². The minimum atomic E-state index is -0.580. The minimum absolute atomic E-state index is 0.101. The molecule has 0 aliphatic rings. The van der Waals surface area contributed by atoms with E-state index in [-0.39, 0.29) is 5.02 Å². The van der Waals surface area contributed by atoms with E-state index in [0.29, 0.717) is 12.0 Å². The first-order valence-electron chi connectivity index (χ1n) is 6.28. The Balaban J connectivity index is 2.36. The van der Waals surface area contributed by atoms with Gasteiger partial charge in [-0.15, -0.1) is 0 Å². The molecule has 1 rings (SSSR count). The Hall–Kier alpha value is -0.600. The van der Waals surface area contributed by atoms with Gasteiger partial charge in [-0.25, -0.2) is 4.39 Å². The summed E-state index contributed by atoms with van der Waals surface area (Å²) < 4.78 is 13.2. The van der Waals surface area contributed by atoms with E-state index in [9.17, 15) is 9.50 Å². The number of halogens is 2. The second-order valence-corrected chi connectivity index (χ2v) is 4.80. The predicted octanol–water partition coefficient (Wildman–Crippen LogP) is 4.87. The average Bonchev–Trinajstić information content (AvgIpc) is 2.32. The molecule has 0 radical (unpaired) electrons. The van der Waals surface area contributed by atoms with Crippen LogP contribution in [-0.4, -0.2) is 5.11 Å². The molecule has 1 nitrogen and oxygen atoms in total. The zero-order valence-electron chi connectivity index (χ0n) is 10.3. The third-order valence-electron chi connectivity index (χ3n) is 2.91. The molecule has 1 N–H and O–H groups in total. The van der Waals surface area contributed by atoms with Gasteiger partial charge in [-0.3, -0.25) is 0 Å². The molecule has 96 valence electrons. The van der Waals surface area contributed by atoms with E-state index in [4.69, 9.17) is 11.6 Å². The lowest BCUT2D eigenvalue weighted by atomic mass is 10.0. The van der Waals surface area contributed by atoms with Gasteiger partial charge in [0.2, 0.25) is 0 Å². The van der Waals surface area contributed by atoms with E-state index < -0.39 is 11.9 Å². The zero-order valence-corrected chi connectivity index (χ0v) is 11.0. The highest BCUT2D eigenvalue weighted by atomic mass is 35.5. The number of aliphatic hydroxyl groups is 1. The molecule has 0 aromatic heterocycles. The number of unbranched alkanes of at least 4 members (excludes halogenated alkanes) is 4. The fourth-order valence-corrected chi connectivity index (χ4v) is 1.95. The van der Waals surface area contributed by atoms with Crippen molar-refractivity contribution in [3.63, 3.8) is 0 Å². The SMILES string of the molecule is CCCCCCCC(O)c1ccc(Cl)c(F)c1. The lowest BCUT2D eigenvalue weighted by Crippen LogP contribution is -1.98. The Kier molecular flexibility index (Phi) is 6.53. The predicted molar refractivity (Wildman–Crippen MR) is 69.7 cm³/mol. The van der Waals surface area contributed by atoms with Gasteiger partial charge in [0, 0.05) is 0 Å². The average molecular weight is 259 g/mol. The molecule has 0 aliphatic heterocycles. The first kappa shape index (κ1) is 14.5. The molecule has 0 bridgehead atoms. The molecule has 1 atom stereocenters. The normalized spacial score (nSPS) is 12.7. The molecule has 0 saturated carbocycles. The van der Waals surface area contributed by atoms with Crippen LogP contribution < -0.4 is 0 Å². The van der Waals surface area contributed by atoms with Crippen molar-refractivity contribution in [3.05, 3.63) is 34.6 Å². The van der Waals surface area contributed by atoms with Crippen molar-refractivity contribution >= 4 is 11.6 Å². The summed E-state index contributed by atoms with van der Waals surface area (Å²) in [6, 6.07) is 4.49. The third-order valence-corrected chi connectivity index (χ3v) is 3.22. The molecule has 1 unspecified atom stereocenters. The topological polar surface area (TPSA) is 20.2 Å². The number of hydrogen-bond donors (Lipinski definition) is 1. The van der Waals surface area contributed by atoms with E-state index >= 15 is 0 Å². The maximum absolute atomic E-state index is 13.2. The lowest BCUT2D eigenvalue weighted by molar-refractivity contribution is 0.163. The summed E-state index contributed by atoms with van der Waals surface area (Å²) in [4.78, 5) is 0. The van der Waals surface area contributed by atoms with Crippen molar-refractivity contribution < 1.29 is 9.50 Å². The number of benzene rings is 1. The van der Waals surface area contributed by atoms with Crippen LogP contribution in [-0.2, 0) is 0 Å². The van der Waals surface area contributed by atoms with E-state index in [1.807, 2.05) is 0 Å². The Morgan fingerprint density at radius 2 is 1.94 bits per heavy atom. The first-order valence-corrected chi connectivity index (χ1v) is 6.66. The van der Waals surface area contributed by atoms with Crippen LogP contribution in [0, 0.1) is 5.82 Å². The lowest BCUT2D eigenvalue weighted by Gasteiger charge is -2.11. The number of aliphatic hydroxyl groups excluding tert-OH is 1. The Bertz CT molecular complexity index is 341. The highest BCUT2D eigenvalue weighted by Crippen LogP contribution is 2.24. The van der Waals surface area contributed by atoms with E-state index in [0.717, 1.165) is 12.8 Å². The summed E-state index contributed by atoms with van der Waals surface area (Å²) in [6.07, 6.45) is 5.87. The van der Waals surface area contributed by atoms with Crippen LogP contribution in [0.5, 0.6) is 0 Å². The summed E-state index contributed by atoms with van der Waals surface area (Å²) in [5, 5.41) is 9.98. The van der Waals surface area contributed by atoms with Crippen LogP contribution in [0.1, 0.15) is 57.1 Å². The van der Waals surface area contributed by atoms with Crippen molar-refractivity contribution in [1.29, 1.82) is 0 Å². The molecule has 0 fully saturated rings. The highest BCUT2D eigenvalue weighted by Gasteiger charge is 2.09. The third kappa shape index (κ3) is 5.05. The van der Waals surface area contributed by atoms with Gasteiger partial charge in [0.25, 0.3) is 0 Å². The fourth-order valence-electron chi connectivity index (χ4n) is 1.83. The molecular formula is C14H20ClFO. The summed E-state index contributed by atoms with van der Waals surface area (Å²) in [5.41, 5.74) is 0.613. The van der Waals surface area contributed by atoms with Crippen LogP contribution in [0.2, 0.25) is 5.02 Å². The summed E-state index contributed by atoms with van der Waals surface area (Å²) in [7, 11) is 0. The van der Waals surface area contributed by atoms with Crippen LogP contribution in [0.15, 0.2) is 18.2 Å². The molecule has 1 aromatic carbocycles.